The lowest BCUT2D eigenvalue weighted by atomic mass is 10.4. The van der Waals surface area contributed by atoms with Gasteiger partial charge >= 0.3 is 6.18 Å². The largest absolute Gasteiger partial charge is 1.00 e. The Morgan fingerprint density at radius 2 is 1.73 bits per heavy atom. The Balaban J connectivity index is 0.00000196. The van der Waals surface area contributed by atoms with Crippen molar-refractivity contribution in [3.05, 3.63) is 0 Å². The van der Waals surface area contributed by atoms with E-state index in [0.717, 1.165) is 17.6 Å². The van der Waals surface area contributed by atoms with Gasteiger partial charge in [-0.15, -0.1) is 0 Å². The number of rotatable bonds is 4. The zero-order chi connectivity index (χ0) is 10.7. The summed E-state index contributed by atoms with van der Waals surface area (Å²) in [5, 5.41) is 0. The van der Waals surface area contributed by atoms with Gasteiger partial charge < -0.3 is 33.2 Å². The highest BCUT2D eigenvalue weighted by Crippen LogP contribution is 2.17. The summed E-state index contributed by atoms with van der Waals surface area (Å²) in [5.41, 5.74) is 0. The SMILES string of the molecule is C[N+]1(CCOCC(F)(F)F)CCCC1.[I-]. The highest BCUT2D eigenvalue weighted by Gasteiger charge is 2.29. The number of likely N-dealkylation sites (tertiary alicyclic amines) is 1. The molecule has 0 aromatic rings. The Bertz CT molecular complexity index is 181. The van der Waals surface area contributed by atoms with Crippen LogP contribution in [0.3, 0.4) is 0 Å². The van der Waals surface area contributed by atoms with Crippen LogP contribution >= 0.6 is 0 Å². The fraction of sp³-hybridized carbons (Fsp3) is 1.00. The highest BCUT2D eigenvalue weighted by atomic mass is 127. The van der Waals surface area contributed by atoms with Gasteiger partial charge in [0.05, 0.1) is 26.7 Å². The highest BCUT2D eigenvalue weighted by molar-refractivity contribution is 4.52. The van der Waals surface area contributed by atoms with E-state index in [1.54, 1.807) is 0 Å². The second kappa shape index (κ2) is 6.24. The van der Waals surface area contributed by atoms with Crippen LogP contribution in [-0.4, -0.2) is 50.6 Å². The van der Waals surface area contributed by atoms with E-state index in [2.05, 4.69) is 11.8 Å². The number of nitrogens with zero attached hydrogens (tertiary/aromatic N) is 1. The van der Waals surface area contributed by atoms with E-state index < -0.39 is 12.8 Å². The molecule has 0 N–H and O–H groups in total. The molecule has 1 aliphatic rings. The summed E-state index contributed by atoms with van der Waals surface area (Å²) in [6, 6.07) is 0. The van der Waals surface area contributed by atoms with Gasteiger partial charge in [0.25, 0.3) is 0 Å². The maximum Gasteiger partial charge on any atom is 0.411 e. The number of ether oxygens (including phenoxy) is 1. The Kier molecular flexibility index (Phi) is 6.43. The average Bonchev–Trinajstić information content (AvgIpc) is 2.45. The van der Waals surface area contributed by atoms with E-state index in [9.17, 15) is 13.2 Å². The van der Waals surface area contributed by atoms with Gasteiger partial charge in [-0.3, -0.25) is 0 Å². The van der Waals surface area contributed by atoms with E-state index >= 15 is 0 Å². The Morgan fingerprint density at radius 1 is 1.20 bits per heavy atom. The molecule has 0 amide bonds. The van der Waals surface area contributed by atoms with Gasteiger partial charge in [0.2, 0.25) is 0 Å². The van der Waals surface area contributed by atoms with Gasteiger partial charge in [-0.2, -0.15) is 13.2 Å². The molecule has 6 heteroatoms. The van der Waals surface area contributed by atoms with Crippen LogP contribution in [0.4, 0.5) is 13.2 Å². The van der Waals surface area contributed by atoms with Crippen LogP contribution in [-0.2, 0) is 4.74 Å². The predicted octanol–water partition coefficient (Wildman–Crippen LogP) is -1.19. The number of hydrogen-bond donors (Lipinski definition) is 0. The fourth-order valence-electron chi connectivity index (χ4n) is 1.80. The van der Waals surface area contributed by atoms with E-state index in [4.69, 9.17) is 0 Å². The zero-order valence-corrected chi connectivity index (χ0v) is 11.0. The third-order valence-electron chi connectivity index (χ3n) is 2.69. The Labute approximate surface area is 105 Å². The smallest absolute Gasteiger partial charge is 0.411 e. The number of quaternary nitrogens is 1. The summed E-state index contributed by atoms with van der Waals surface area (Å²) < 4.78 is 40.6. The minimum atomic E-state index is -4.19. The van der Waals surface area contributed by atoms with Crippen molar-refractivity contribution in [2.75, 3.05) is 39.9 Å². The van der Waals surface area contributed by atoms with Crippen molar-refractivity contribution in [2.24, 2.45) is 0 Å². The van der Waals surface area contributed by atoms with Crippen molar-refractivity contribution in [1.82, 2.24) is 0 Å². The Morgan fingerprint density at radius 3 is 2.20 bits per heavy atom. The molecule has 0 aliphatic carbocycles. The summed E-state index contributed by atoms with van der Waals surface area (Å²) in [4.78, 5) is 0. The van der Waals surface area contributed by atoms with Crippen molar-refractivity contribution in [1.29, 1.82) is 0 Å². The number of halogens is 4. The molecule has 0 saturated carbocycles. The van der Waals surface area contributed by atoms with E-state index in [1.165, 1.54) is 12.8 Å². The molecule has 0 atom stereocenters. The van der Waals surface area contributed by atoms with Gasteiger partial charge in [0.1, 0.15) is 13.2 Å². The van der Waals surface area contributed by atoms with Crippen LogP contribution in [0.1, 0.15) is 12.8 Å². The molecule has 0 radical (unpaired) electrons. The third-order valence-corrected chi connectivity index (χ3v) is 2.69. The molecule has 1 rings (SSSR count). The summed E-state index contributed by atoms with van der Waals surface area (Å²) in [5.74, 6) is 0. The molecule has 0 unspecified atom stereocenters. The first-order valence-electron chi connectivity index (χ1n) is 4.89. The number of alkyl halides is 3. The van der Waals surface area contributed by atoms with Crippen LogP contribution in [0, 0.1) is 0 Å². The standard InChI is InChI=1S/C9H17F3NO.HI/c1-13(4-2-3-5-13)6-7-14-8-9(10,11)12;/h2-8H2,1H3;1H/q+1;/p-1. The number of likely N-dealkylation sites (N-methyl/N-ethyl adjacent to an activating group) is 1. The van der Waals surface area contributed by atoms with Crippen molar-refractivity contribution in [2.45, 2.75) is 19.0 Å². The van der Waals surface area contributed by atoms with Gasteiger partial charge in [-0.05, 0) is 0 Å². The topological polar surface area (TPSA) is 9.23 Å². The molecule has 1 aliphatic heterocycles. The quantitative estimate of drug-likeness (QED) is 0.356. The van der Waals surface area contributed by atoms with Gasteiger partial charge in [-0.1, -0.05) is 0 Å². The maximum atomic E-state index is 11.7. The molecular formula is C9H17F3INO. The lowest BCUT2D eigenvalue weighted by Gasteiger charge is -2.28. The van der Waals surface area contributed by atoms with Crippen molar-refractivity contribution >= 4 is 0 Å². The normalized spacial score (nSPS) is 20.0. The molecule has 1 fully saturated rings. The van der Waals surface area contributed by atoms with Crippen LogP contribution in [0.5, 0.6) is 0 Å². The first-order chi connectivity index (χ1) is 6.41. The molecular weight excluding hydrogens is 322 g/mol. The summed E-state index contributed by atoms with van der Waals surface area (Å²) >= 11 is 0. The first kappa shape index (κ1) is 15.4. The maximum absolute atomic E-state index is 11.7. The molecule has 0 spiro atoms. The monoisotopic (exact) mass is 339 g/mol. The minimum Gasteiger partial charge on any atom is -1.00 e. The molecule has 15 heavy (non-hydrogen) atoms. The summed E-state index contributed by atoms with van der Waals surface area (Å²) in [7, 11) is 2.07. The van der Waals surface area contributed by atoms with Gasteiger partial charge in [0, 0.05) is 12.8 Å². The molecule has 92 valence electrons. The van der Waals surface area contributed by atoms with Gasteiger partial charge in [-0.25, -0.2) is 0 Å². The molecule has 0 aromatic carbocycles. The second-order valence-electron chi connectivity index (χ2n) is 4.17. The first-order valence-corrected chi connectivity index (χ1v) is 4.89. The third kappa shape index (κ3) is 6.57. The summed E-state index contributed by atoms with van der Waals surface area (Å²) in [6.45, 7) is 1.91. The van der Waals surface area contributed by atoms with Crippen LogP contribution in [0.25, 0.3) is 0 Å². The van der Waals surface area contributed by atoms with E-state index in [0.29, 0.717) is 6.54 Å². The van der Waals surface area contributed by atoms with Crippen molar-refractivity contribution in [3.8, 4) is 0 Å². The molecule has 2 nitrogen and oxygen atoms in total. The molecule has 0 bridgehead atoms. The fourth-order valence-corrected chi connectivity index (χ4v) is 1.80. The van der Waals surface area contributed by atoms with Crippen molar-refractivity contribution < 1.29 is 46.4 Å². The Hall–Kier alpha value is 0.440. The van der Waals surface area contributed by atoms with Crippen LogP contribution in [0.15, 0.2) is 0 Å². The van der Waals surface area contributed by atoms with E-state index in [-0.39, 0.29) is 30.6 Å². The average molecular weight is 339 g/mol. The number of hydrogen-bond acceptors (Lipinski definition) is 1. The zero-order valence-electron chi connectivity index (χ0n) is 8.82. The molecule has 0 aromatic heterocycles. The predicted molar refractivity (Wildman–Crippen MR) is 46.9 cm³/mol. The molecule has 1 heterocycles. The second-order valence-corrected chi connectivity index (χ2v) is 4.17. The van der Waals surface area contributed by atoms with Crippen LogP contribution in [0.2, 0.25) is 0 Å². The van der Waals surface area contributed by atoms with Gasteiger partial charge in [0.15, 0.2) is 0 Å². The summed E-state index contributed by atoms with van der Waals surface area (Å²) in [6.07, 6.45) is -1.84. The minimum absolute atomic E-state index is 0. The lowest BCUT2D eigenvalue weighted by Crippen LogP contribution is -3.00. The molecule has 1 saturated heterocycles. The van der Waals surface area contributed by atoms with Crippen molar-refractivity contribution in [3.63, 3.8) is 0 Å². The van der Waals surface area contributed by atoms with E-state index in [1.807, 2.05) is 0 Å². The lowest BCUT2D eigenvalue weighted by molar-refractivity contribution is -0.898. The van der Waals surface area contributed by atoms with Crippen LogP contribution < -0.4 is 24.0 Å².